The molecule has 0 aliphatic heterocycles. The maximum absolute atomic E-state index is 12.7. The predicted molar refractivity (Wildman–Crippen MR) is 76.9 cm³/mol. The topological polar surface area (TPSA) is 55.8 Å². The summed E-state index contributed by atoms with van der Waals surface area (Å²) in [6, 6.07) is 4.52. The van der Waals surface area contributed by atoms with Gasteiger partial charge in [-0.05, 0) is 38.5 Å². The van der Waals surface area contributed by atoms with Crippen molar-refractivity contribution >= 4 is 30.8 Å². The summed E-state index contributed by atoms with van der Waals surface area (Å²) in [5.41, 5.74) is 0.326. The first-order valence-corrected chi connectivity index (χ1v) is 8.15. The van der Waals surface area contributed by atoms with E-state index in [1.165, 1.54) is 19.1 Å². The number of halogens is 2. The zero-order chi connectivity index (χ0) is 14.7. The molecule has 1 atom stereocenters. The van der Waals surface area contributed by atoms with Crippen LogP contribution in [0.15, 0.2) is 18.2 Å². The Bertz CT molecular complexity index is 481. The van der Waals surface area contributed by atoms with E-state index in [9.17, 15) is 9.67 Å². The summed E-state index contributed by atoms with van der Waals surface area (Å²) in [5.74, 6) is 0. The van der Waals surface area contributed by atoms with Crippen molar-refractivity contribution in [3.05, 3.63) is 33.8 Å². The minimum Gasteiger partial charge on any atom is -0.373 e. The first-order valence-electron chi connectivity index (χ1n) is 5.85. The maximum Gasteiger partial charge on any atom is 0.366 e. The fourth-order valence-electron chi connectivity index (χ4n) is 1.58. The molecule has 0 amide bonds. The van der Waals surface area contributed by atoms with E-state index in [1.807, 2.05) is 0 Å². The molecule has 19 heavy (non-hydrogen) atoms. The van der Waals surface area contributed by atoms with Crippen LogP contribution in [0.2, 0.25) is 10.0 Å². The van der Waals surface area contributed by atoms with Crippen molar-refractivity contribution in [1.82, 2.24) is 0 Å². The molecule has 0 unspecified atom stereocenters. The maximum atomic E-state index is 12.7. The molecule has 0 aliphatic carbocycles. The SMILES string of the molecule is CCOP(=O)(OCC)[C@](C)(O)c1ccc(Cl)c(Cl)c1. The molecule has 0 bridgehead atoms. The van der Waals surface area contributed by atoms with Crippen molar-refractivity contribution in [1.29, 1.82) is 0 Å². The Balaban J connectivity index is 3.25. The van der Waals surface area contributed by atoms with Crippen LogP contribution in [0.3, 0.4) is 0 Å². The third-order valence-corrected chi connectivity index (χ3v) is 5.86. The van der Waals surface area contributed by atoms with Crippen molar-refractivity contribution in [3.63, 3.8) is 0 Å². The van der Waals surface area contributed by atoms with E-state index in [0.717, 1.165) is 0 Å². The van der Waals surface area contributed by atoms with E-state index < -0.39 is 12.9 Å². The molecule has 0 aromatic heterocycles. The van der Waals surface area contributed by atoms with E-state index in [4.69, 9.17) is 32.2 Å². The molecule has 0 aliphatic rings. The molecule has 0 saturated heterocycles. The van der Waals surface area contributed by atoms with Crippen LogP contribution in [0.5, 0.6) is 0 Å². The third kappa shape index (κ3) is 3.52. The van der Waals surface area contributed by atoms with Gasteiger partial charge in [0, 0.05) is 0 Å². The highest BCUT2D eigenvalue weighted by atomic mass is 35.5. The number of hydrogen-bond donors (Lipinski definition) is 1. The Morgan fingerprint density at radius 3 is 2.16 bits per heavy atom. The van der Waals surface area contributed by atoms with Crippen LogP contribution in [0, 0.1) is 0 Å². The molecule has 1 rings (SSSR count). The van der Waals surface area contributed by atoms with Crippen LogP contribution in [-0.2, 0) is 19.0 Å². The molecule has 0 spiro atoms. The predicted octanol–water partition coefficient (Wildman–Crippen LogP) is 4.42. The molecule has 7 heteroatoms. The second-order valence-corrected chi connectivity index (χ2v) is 7.18. The second kappa shape index (κ2) is 6.57. The van der Waals surface area contributed by atoms with E-state index in [2.05, 4.69) is 0 Å². The third-order valence-electron chi connectivity index (χ3n) is 2.60. The number of benzene rings is 1. The van der Waals surface area contributed by atoms with Gasteiger partial charge in [-0.3, -0.25) is 4.57 Å². The first-order chi connectivity index (χ1) is 8.78. The molecular formula is C12H17Cl2O4P. The van der Waals surface area contributed by atoms with Gasteiger partial charge in [-0.25, -0.2) is 0 Å². The molecular weight excluding hydrogens is 310 g/mol. The number of hydrogen-bond acceptors (Lipinski definition) is 4. The van der Waals surface area contributed by atoms with Crippen LogP contribution in [-0.4, -0.2) is 18.3 Å². The number of rotatable bonds is 6. The first kappa shape index (κ1) is 17.0. The van der Waals surface area contributed by atoms with Crippen molar-refractivity contribution in [3.8, 4) is 0 Å². The Labute approximate surface area is 123 Å². The highest BCUT2D eigenvalue weighted by Gasteiger charge is 2.47. The van der Waals surface area contributed by atoms with E-state index >= 15 is 0 Å². The van der Waals surface area contributed by atoms with Crippen LogP contribution >= 0.6 is 30.8 Å². The summed E-state index contributed by atoms with van der Waals surface area (Å²) in [6.45, 7) is 5.05. The van der Waals surface area contributed by atoms with Gasteiger partial charge in [0.05, 0.1) is 23.3 Å². The lowest BCUT2D eigenvalue weighted by molar-refractivity contribution is 0.0802. The van der Waals surface area contributed by atoms with Crippen molar-refractivity contribution in [2.45, 2.75) is 26.1 Å². The van der Waals surface area contributed by atoms with E-state index in [1.54, 1.807) is 19.9 Å². The van der Waals surface area contributed by atoms with Crippen LogP contribution in [0.25, 0.3) is 0 Å². The fourth-order valence-corrected chi connectivity index (χ4v) is 3.59. The standard InChI is InChI=1S/C12H17Cl2O4P/c1-4-17-19(16,18-5-2)12(3,15)9-6-7-10(13)11(14)8-9/h6-8,15H,4-5H2,1-3H3/t12-/m0/s1. The van der Waals surface area contributed by atoms with E-state index in [0.29, 0.717) is 10.6 Å². The van der Waals surface area contributed by atoms with E-state index in [-0.39, 0.29) is 18.2 Å². The van der Waals surface area contributed by atoms with Crippen molar-refractivity contribution in [2.75, 3.05) is 13.2 Å². The normalized spacial score (nSPS) is 15.3. The molecule has 1 N–H and O–H groups in total. The molecule has 0 fully saturated rings. The summed E-state index contributed by atoms with van der Waals surface area (Å²) in [4.78, 5) is 0. The highest BCUT2D eigenvalue weighted by Crippen LogP contribution is 2.63. The van der Waals surface area contributed by atoms with Crippen LogP contribution in [0.1, 0.15) is 26.3 Å². The Kier molecular flexibility index (Phi) is 5.87. The molecule has 1 aromatic carbocycles. The highest BCUT2D eigenvalue weighted by molar-refractivity contribution is 7.54. The van der Waals surface area contributed by atoms with Gasteiger partial charge in [-0.2, -0.15) is 0 Å². The average Bonchev–Trinajstić information content (AvgIpc) is 2.33. The molecule has 1 aromatic rings. The minimum atomic E-state index is -3.73. The van der Waals surface area contributed by atoms with Gasteiger partial charge in [-0.1, -0.05) is 29.3 Å². The smallest absolute Gasteiger partial charge is 0.366 e. The summed E-state index contributed by atoms with van der Waals surface area (Å²) >= 11 is 11.7. The van der Waals surface area contributed by atoms with Crippen molar-refractivity contribution in [2.24, 2.45) is 0 Å². The quantitative estimate of drug-likeness (QED) is 0.786. The molecule has 0 radical (unpaired) electrons. The summed E-state index contributed by atoms with van der Waals surface area (Å²) in [5, 5.41) is 9.38. The largest absolute Gasteiger partial charge is 0.373 e. The molecule has 4 nitrogen and oxygen atoms in total. The Morgan fingerprint density at radius 1 is 1.21 bits per heavy atom. The van der Waals surface area contributed by atoms with Gasteiger partial charge < -0.3 is 14.2 Å². The van der Waals surface area contributed by atoms with Crippen molar-refractivity contribution < 1.29 is 18.7 Å². The fraction of sp³-hybridized carbons (Fsp3) is 0.500. The van der Waals surface area contributed by atoms with Crippen LogP contribution in [0.4, 0.5) is 0 Å². The van der Waals surface area contributed by atoms with Gasteiger partial charge in [0.1, 0.15) is 0 Å². The van der Waals surface area contributed by atoms with Gasteiger partial charge in [0.2, 0.25) is 0 Å². The summed E-state index contributed by atoms with van der Waals surface area (Å²) < 4.78 is 23.0. The summed E-state index contributed by atoms with van der Waals surface area (Å²) in [6.07, 6.45) is 0. The Morgan fingerprint density at radius 2 is 1.74 bits per heavy atom. The zero-order valence-corrected chi connectivity index (χ0v) is 13.4. The lowest BCUT2D eigenvalue weighted by atomic mass is 10.1. The average molecular weight is 327 g/mol. The molecule has 108 valence electrons. The molecule has 0 heterocycles. The zero-order valence-electron chi connectivity index (χ0n) is 11.0. The lowest BCUT2D eigenvalue weighted by Gasteiger charge is -2.31. The van der Waals surface area contributed by atoms with Gasteiger partial charge in [0.15, 0.2) is 5.34 Å². The van der Waals surface area contributed by atoms with Crippen LogP contribution < -0.4 is 0 Å². The second-order valence-electron chi connectivity index (χ2n) is 3.98. The lowest BCUT2D eigenvalue weighted by Crippen LogP contribution is -2.24. The van der Waals surface area contributed by atoms with Gasteiger partial charge >= 0.3 is 7.60 Å². The minimum absolute atomic E-state index is 0.161. The van der Waals surface area contributed by atoms with Gasteiger partial charge in [-0.15, -0.1) is 0 Å². The molecule has 0 saturated carbocycles. The summed E-state index contributed by atoms with van der Waals surface area (Å²) in [7, 11) is -3.73. The number of aliphatic hydroxyl groups is 1. The van der Waals surface area contributed by atoms with Gasteiger partial charge in [0.25, 0.3) is 0 Å². The monoisotopic (exact) mass is 326 g/mol. The Hall–Kier alpha value is -0.0900.